The van der Waals surface area contributed by atoms with Gasteiger partial charge >= 0.3 is 6.61 Å². The molecule has 12 heteroatoms. The van der Waals surface area contributed by atoms with Crippen LogP contribution in [0, 0.1) is 12.7 Å². The summed E-state index contributed by atoms with van der Waals surface area (Å²) < 4.78 is 50.7. The summed E-state index contributed by atoms with van der Waals surface area (Å²) in [5.41, 5.74) is 2.95. The molecule has 0 bridgehead atoms. The minimum atomic E-state index is -3.08. The number of rotatable bonds is 10. The number of para-hydroxylation sites is 1. The van der Waals surface area contributed by atoms with E-state index in [9.17, 15) is 18.0 Å². The molecule has 2 aromatic carbocycles. The summed E-state index contributed by atoms with van der Waals surface area (Å²) in [5.74, 6) is -0.246. The smallest absolute Gasteiger partial charge is 0.345 e. The zero-order valence-electron chi connectivity index (χ0n) is 20.8. The van der Waals surface area contributed by atoms with Crippen LogP contribution in [-0.2, 0) is 22.7 Å². The summed E-state index contributed by atoms with van der Waals surface area (Å²) in [4.78, 5) is 21.1. The average Bonchev–Trinajstić information content (AvgIpc) is 3.35. The number of aryl methyl sites for hydroxylation is 2. The number of pyridine rings is 1. The SMILES string of the molecule is CCn1ncnc1-c1cc(C)nc2c(OCc3c(Cl)cc(F)cc3[C@H](C)NC(=O)COC(F)F)cccc12. The molecule has 1 amide bonds. The lowest BCUT2D eigenvalue weighted by molar-refractivity contribution is -0.152. The standard InChI is InChI=1S/C26H25ClF3N5O3/c1-4-35-25(31-13-32-35)19-8-14(2)33-24-17(19)6-5-7-22(24)37-11-20-18(9-16(28)10-21(20)27)15(3)34-23(36)12-38-26(29)30/h5-10,13,15,26H,4,11-12H2,1-3H3,(H,34,36)/t15-/m0/s1. The van der Waals surface area contributed by atoms with Gasteiger partial charge in [0, 0.05) is 28.8 Å². The maximum atomic E-state index is 14.2. The van der Waals surface area contributed by atoms with Gasteiger partial charge in [-0.05, 0) is 50.6 Å². The summed E-state index contributed by atoms with van der Waals surface area (Å²) >= 11 is 6.36. The molecule has 0 saturated heterocycles. The Morgan fingerprint density at radius 1 is 1.24 bits per heavy atom. The summed E-state index contributed by atoms with van der Waals surface area (Å²) in [6.45, 7) is 2.06. The molecule has 8 nitrogen and oxygen atoms in total. The van der Waals surface area contributed by atoms with Crippen LogP contribution in [0.4, 0.5) is 13.2 Å². The number of carbonyl (C=O) groups excluding carboxylic acids is 1. The largest absolute Gasteiger partial charge is 0.487 e. The van der Waals surface area contributed by atoms with Crippen molar-refractivity contribution in [2.45, 2.75) is 46.6 Å². The lowest BCUT2D eigenvalue weighted by Crippen LogP contribution is -2.31. The van der Waals surface area contributed by atoms with E-state index in [-0.39, 0.29) is 11.6 Å². The number of fused-ring (bicyclic) bond motifs is 1. The van der Waals surface area contributed by atoms with Crippen molar-refractivity contribution >= 4 is 28.4 Å². The van der Waals surface area contributed by atoms with Crippen LogP contribution in [0.15, 0.2) is 42.7 Å². The molecule has 0 saturated carbocycles. The highest BCUT2D eigenvalue weighted by atomic mass is 35.5. The van der Waals surface area contributed by atoms with E-state index < -0.39 is 31.0 Å². The first-order chi connectivity index (χ1) is 18.2. The molecule has 0 aliphatic carbocycles. The second kappa shape index (κ2) is 11.8. The Labute approximate surface area is 221 Å². The number of aromatic nitrogens is 4. The lowest BCUT2D eigenvalue weighted by atomic mass is 10.0. The third-order valence-corrected chi connectivity index (χ3v) is 6.17. The summed E-state index contributed by atoms with van der Waals surface area (Å²) in [5, 5.41) is 7.67. The Kier molecular flexibility index (Phi) is 8.48. The average molecular weight is 548 g/mol. The molecule has 2 heterocycles. The van der Waals surface area contributed by atoms with Gasteiger partial charge in [-0.25, -0.2) is 19.0 Å². The third kappa shape index (κ3) is 6.05. The van der Waals surface area contributed by atoms with Crippen LogP contribution in [0.3, 0.4) is 0 Å². The number of amides is 1. The zero-order chi connectivity index (χ0) is 27.4. The van der Waals surface area contributed by atoms with Gasteiger partial charge < -0.3 is 14.8 Å². The van der Waals surface area contributed by atoms with Gasteiger partial charge in [0.1, 0.15) is 36.6 Å². The van der Waals surface area contributed by atoms with Crippen LogP contribution >= 0.6 is 11.6 Å². The molecule has 4 rings (SSSR count). The van der Waals surface area contributed by atoms with E-state index in [0.717, 1.165) is 22.7 Å². The summed E-state index contributed by atoms with van der Waals surface area (Å²) in [6, 6.07) is 9.00. The highest BCUT2D eigenvalue weighted by Crippen LogP contribution is 2.34. The number of hydrogen-bond donors (Lipinski definition) is 1. The predicted molar refractivity (Wildman–Crippen MR) is 135 cm³/mol. The summed E-state index contributed by atoms with van der Waals surface area (Å²) in [7, 11) is 0. The quantitative estimate of drug-likeness (QED) is 0.277. The number of hydrogen-bond acceptors (Lipinski definition) is 6. The third-order valence-electron chi connectivity index (χ3n) is 5.84. The fourth-order valence-electron chi connectivity index (χ4n) is 4.17. The highest BCUT2D eigenvalue weighted by molar-refractivity contribution is 6.31. The highest BCUT2D eigenvalue weighted by Gasteiger charge is 2.20. The monoisotopic (exact) mass is 547 g/mol. The van der Waals surface area contributed by atoms with E-state index >= 15 is 0 Å². The Morgan fingerprint density at radius 2 is 2.03 bits per heavy atom. The molecule has 1 atom stereocenters. The van der Waals surface area contributed by atoms with Crippen LogP contribution in [0.5, 0.6) is 5.75 Å². The number of alkyl halides is 2. The lowest BCUT2D eigenvalue weighted by Gasteiger charge is -2.20. The van der Waals surface area contributed by atoms with Crippen LogP contribution in [0.2, 0.25) is 5.02 Å². The Hall–Kier alpha value is -3.70. The van der Waals surface area contributed by atoms with Crippen molar-refractivity contribution in [2.24, 2.45) is 0 Å². The molecule has 200 valence electrons. The molecule has 0 fully saturated rings. The van der Waals surface area contributed by atoms with Gasteiger partial charge in [0.2, 0.25) is 5.91 Å². The number of nitrogens with one attached hydrogen (secondary N) is 1. The van der Waals surface area contributed by atoms with Crippen molar-refractivity contribution in [3.8, 4) is 17.1 Å². The molecule has 38 heavy (non-hydrogen) atoms. The van der Waals surface area contributed by atoms with E-state index in [1.807, 2.05) is 32.0 Å². The van der Waals surface area contributed by atoms with Gasteiger partial charge in [-0.15, -0.1) is 0 Å². The molecule has 1 N–H and O–H groups in total. The molecule has 0 aliphatic heterocycles. The molecule has 0 aliphatic rings. The second-order valence-corrected chi connectivity index (χ2v) is 8.88. The first kappa shape index (κ1) is 27.3. The molecule has 4 aromatic rings. The van der Waals surface area contributed by atoms with Gasteiger partial charge in [-0.1, -0.05) is 23.7 Å². The fourth-order valence-corrected chi connectivity index (χ4v) is 4.44. The molecular formula is C26H25ClF3N5O3. The predicted octanol–water partition coefficient (Wildman–Crippen LogP) is 5.61. The Bertz CT molecular complexity index is 1460. The van der Waals surface area contributed by atoms with Crippen LogP contribution in [-0.4, -0.2) is 38.9 Å². The van der Waals surface area contributed by atoms with Crippen molar-refractivity contribution in [3.05, 3.63) is 70.4 Å². The van der Waals surface area contributed by atoms with Crippen LogP contribution in [0.1, 0.15) is 36.7 Å². The first-order valence-electron chi connectivity index (χ1n) is 11.8. The first-order valence-corrected chi connectivity index (χ1v) is 12.1. The number of carbonyl (C=O) groups is 1. The Balaban J connectivity index is 1.65. The van der Waals surface area contributed by atoms with Crippen molar-refractivity contribution < 1.29 is 27.4 Å². The van der Waals surface area contributed by atoms with Gasteiger partial charge in [0.15, 0.2) is 5.82 Å². The van der Waals surface area contributed by atoms with Gasteiger partial charge in [-0.2, -0.15) is 13.9 Å². The molecular weight excluding hydrogens is 523 g/mol. The summed E-state index contributed by atoms with van der Waals surface area (Å²) in [6.07, 6.45) is 1.50. The molecule has 2 aromatic heterocycles. The fraction of sp³-hybridized carbons (Fsp3) is 0.308. The van der Waals surface area contributed by atoms with Crippen molar-refractivity contribution in [3.63, 3.8) is 0 Å². The Morgan fingerprint density at radius 3 is 2.76 bits per heavy atom. The second-order valence-electron chi connectivity index (χ2n) is 8.47. The van der Waals surface area contributed by atoms with E-state index in [1.165, 1.54) is 12.4 Å². The van der Waals surface area contributed by atoms with E-state index in [2.05, 4.69) is 25.1 Å². The topological polar surface area (TPSA) is 91.2 Å². The number of benzene rings is 2. The zero-order valence-corrected chi connectivity index (χ0v) is 21.6. The normalized spacial score (nSPS) is 12.2. The van der Waals surface area contributed by atoms with Gasteiger partial charge in [-0.3, -0.25) is 4.79 Å². The van der Waals surface area contributed by atoms with E-state index in [0.29, 0.717) is 34.8 Å². The van der Waals surface area contributed by atoms with Crippen LogP contribution in [0.25, 0.3) is 22.3 Å². The van der Waals surface area contributed by atoms with E-state index in [4.69, 9.17) is 16.3 Å². The van der Waals surface area contributed by atoms with Crippen molar-refractivity contribution in [2.75, 3.05) is 6.61 Å². The minimum absolute atomic E-state index is 0.0720. The van der Waals surface area contributed by atoms with E-state index in [1.54, 1.807) is 17.7 Å². The van der Waals surface area contributed by atoms with Crippen molar-refractivity contribution in [1.82, 2.24) is 25.1 Å². The number of halogens is 4. The van der Waals surface area contributed by atoms with Crippen LogP contribution < -0.4 is 10.1 Å². The minimum Gasteiger partial charge on any atom is -0.487 e. The molecule has 0 radical (unpaired) electrons. The molecule has 0 unspecified atom stereocenters. The number of nitrogens with zero attached hydrogens (tertiary/aromatic N) is 4. The maximum Gasteiger partial charge on any atom is 0.345 e. The van der Waals surface area contributed by atoms with Gasteiger partial charge in [0.25, 0.3) is 0 Å². The van der Waals surface area contributed by atoms with Crippen molar-refractivity contribution in [1.29, 1.82) is 0 Å². The maximum absolute atomic E-state index is 14.2. The number of ether oxygens (including phenoxy) is 2. The molecule has 0 spiro atoms. The van der Waals surface area contributed by atoms with Gasteiger partial charge in [0.05, 0.1) is 11.1 Å².